The standard InChI is InChI=1S/C79H155NO5/c1-3-5-7-9-11-13-15-17-19-21-23-33-36-39-43-47-51-55-59-63-67-71-77(82)76(75-81)80-78(83)72-68-64-60-56-52-48-44-40-37-34-31-29-27-25-24-26-28-30-32-35-38-42-46-50-54-58-62-66-70-74-85-79(84)73-69-65-61-57-53-49-45-41-22-20-18-16-14-12-10-8-6-4-2/h67,71,76-77,81-82H,3-66,68-70,72-75H2,1-2H3,(H,80,83)/b71-67+. The van der Waals surface area contributed by atoms with Gasteiger partial charge in [-0.2, -0.15) is 0 Å². The summed E-state index contributed by atoms with van der Waals surface area (Å²) in [6.45, 7) is 4.97. The molecule has 0 saturated carbocycles. The van der Waals surface area contributed by atoms with Crippen LogP contribution in [0.1, 0.15) is 457 Å². The first kappa shape index (κ1) is 83.6. The fourth-order valence-electron chi connectivity index (χ4n) is 12.8. The summed E-state index contributed by atoms with van der Waals surface area (Å²) in [5, 5.41) is 23.3. The second-order valence-electron chi connectivity index (χ2n) is 27.4. The zero-order chi connectivity index (χ0) is 61.3. The molecule has 0 aliphatic rings. The lowest BCUT2D eigenvalue weighted by atomic mass is 10.0. The topological polar surface area (TPSA) is 95.9 Å². The van der Waals surface area contributed by atoms with Crippen LogP contribution in [0.2, 0.25) is 0 Å². The van der Waals surface area contributed by atoms with Crippen molar-refractivity contribution in [2.45, 2.75) is 469 Å². The summed E-state index contributed by atoms with van der Waals surface area (Å²) in [6, 6.07) is -0.626. The van der Waals surface area contributed by atoms with Gasteiger partial charge in [-0.3, -0.25) is 9.59 Å². The Hall–Kier alpha value is -1.40. The Balaban J connectivity index is 3.34. The molecule has 0 heterocycles. The van der Waals surface area contributed by atoms with Crippen LogP contribution < -0.4 is 5.32 Å². The van der Waals surface area contributed by atoms with Crippen molar-refractivity contribution >= 4 is 11.9 Å². The van der Waals surface area contributed by atoms with Crippen molar-refractivity contribution in [2.75, 3.05) is 13.2 Å². The molecule has 506 valence electrons. The van der Waals surface area contributed by atoms with Crippen molar-refractivity contribution in [1.82, 2.24) is 5.32 Å². The molecule has 6 heteroatoms. The molecule has 1 amide bonds. The van der Waals surface area contributed by atoms with Gasteiger partial charge in [0.25, 0.3) is 0 Å². The van der Waals surface area contributed by atoms with Crippen molar-refractivity contribution in [2.24, 2.45) is 0 Å². The fourth-order valence-corrected chi connectivity index (χ4v) is 12.8. The number of unbranched alkanes of at least 4 members (excludes halogenated alkanes) is 64. The second kappa shape index (κ2) is 75.1. The van der Waals surface area contributed by atoms with Crippen LogP contribution in [0.3, 0.4) is 0 Å². The molecule has 85 heavy (non-hydrogen) atoms. The number of aliphatic hydroxyl groups is 2. The average Bonchev–Trinajstić information content (AvgIpc) is 3.51. The van der Waals surface area contributed by atoms with E-state index < -0.39 is 12.1 Å². The van der Waals surface area contributed by atoms with Crippen molar-refractivity contribution in [1.29, 1.82) is 0 Å². The van der Waals surface area contributed by atoms with Crippen LogP contribution in [0, 0.1) is 0 Å². The van der Waals surface area contributed by atoms with E-state index in [9.17, 15) is 19.8 Å². The van der Waals surface area contributed by atoms with Gasteiger partial charge in [0.1, 0.15) is 0 Å². The molecule has 0 rings (SSSR count). The van der Waals surface area contributed by atoms with Gasteiger partial charge in [0.2, 0.25) is 5.91 Å². The van der Waals surface area contributed by atoms with E-state index in [2.05, 4.69) is 19.2 Å². The predicted molar refractivity (Wildman–Crippen MR) is 375 cm³/mol. The van der Waals surface area contributed by atoms with Crippen LogP contribution in [-0.2, 0) is 14.3 Å². The van der Waals surface area contributed by atoms with Crippen LogP contribution in [0.25, 0.3) is 0 Å². The summed E-state index contributed by atoms with van der Waals surface area (Å²) >= 11 is 0. The molecule has 0 radical (unpaired) electrons. The monoisotopic (exact) mass is 1200 g/mol. The average molecular weight is 1200 g/mol. The third-order valence-corrected chi connectivity index (χ3v) is 18.8. The number of esters is 1. The number of rotatable bonds is 75. The first-order chi connectivity index (χ1) is 42.0. The van der Waals surface area contributed by atoms with E-state index in [0.717, 1.165) is 38.5 Å². The molecule has 0 aromatic carbocycles. The summed E-state index contributed by atoms with van der Waals surface area (Å²) in [6.07, 6.45) is 94.7. The van der Waals surface area contributed by atoms with Gasteiger partial charge in [-0.15, -0.1) is 0 Å². The number of carbonyl (C=O) groups excluding carboxylic acids is 2. The minimum Gasteiger partial charge on any atom is -0.466 e. The summed E-state index contributed by atoms with van der Waals surface area (Å²) < 4.78 is 5.52. The van der Waals surface area contributed by atoms with Gasteiger partial charge in [0.05, 0.1) is 25.4 Å². The van der Waals surface area contributed by atoms with E-state index in [4.69, 9.17) is 4.74 Å². The molecule has 6 nitrogen and oxygen atoms in total. The summed E-state index contributed by atoms with van der Waals surface area (Å²) in [5.41, 5.74) is 0. The van der Waals surface area contributed by atoms with Crippen molar-refractivity contribution in [3.05, 3.63) is 12.2 Å². The molecule has 2 atom stereocenters. The SMILES string of the molecule is CCCCCCCCCCCCCCCCCCCCC/C=C/C(O)C(CO)NC(=O)CCCCCCCCCCCCCCCCCCCCCCCCCCCCCCCOC(=O)CCCCCCCCCCCCCCCCCCCC. The molecule has 0 aromatic rings. The molecule has 0 fully saturated rings. The van der Waals surface area contributed by atoms with Gasteiger partial charge in [0.15, 0.2) is 0 Å². The molecule has 3 N–H and O–H groups in total. The molecule has 0 aliphatic carbocycles. The highest BCUT2D eigenvalue weighted by Crippen LogP contribution is 2.20. The lowest BCUT2D eigenvalue weighted by Gasteiger charge is -2.20. The van der Waals surface area contributed by atoms with Crippen LogP contribution in [-0.4, -0.2) is 47.4 Å². The van der Waals surface area contributed by atoms with Crippen molar-refractivity contribution in [3.8, 4) is 0 Å². The lowest BCUT2D eigenvalue weighted by Crippen LogP contribution is -2.45. The number of hydrogen-bond acceptors (Lipinski definition) is 5. The number of carbonyl (C=O) groups is 2. The van der Waals surface area contributed by atoms with Gasteiger partial charge in [0, 0.05) is 12.8 Å². The highest BCUT2D eigenvalue weighted by molar-refractivity contribution is 5.76. The van der Waals surface area contributed by atoms with E-state index >= 15 is 0 Å². The minimum absolute atomic E-state index is 0.0249. The Morgan fingerprint density at radius 3 is 0.800 bits per heavy atom. The zero-order valence-electron chi connectivity index (χ0n) is 58.1. The molecular formula is C79H155NO5. The Morgan fingerprint density at radius 1 is 0.318 bits per heavy atom. The lowest BCUT2D eigenvalue weighted by molar-refractivity contribution is -0.143. The van der Waals surface area contributed by atoms with Gasteiger partial charge >= 0.3 is 5.97 Å². The number of hydrogen-bond donors (Lipinski definition) is 3. The summed E-state index contributed by atoms with van der Waals surface area (Å²) in [4.78, 5) is 24.7. The Morgan fingerprint density at radius 2 is 0.541 bits per heavy atom. The zero-order valence-corrected chi connectivity index (χ0v) is 58.1. The number of ether oxygens (including phenoxy) is 1. The van der Waals surface area contributed by atoms with Crippen molar-refractivity contribution < 1.29 is 24.5 Å². The molecule has 0 bridgehead atoms. The maximum atomic E-state index is 12.5. The van der Waals surface area contributed by atoms with Crippen LogP contribution in [0.4, 0.5) is 0 Å². The normalized spacial score (nSPS) is 12.5. The van der Waals surface area contributed by atoms with E-state index in [0.29, 0.717) is 19.4 Å². The third-order valence-electron chi connectivity index (χ3n) is 18.8. The fraction of sp³-hybridized carbons (Fsp3) is 0.949. The highest BCUT2D eigenvalue weighted by atomic mass is 16.5. The molecule has 0 saturated heterocycles. The molecule has 2 unspecified atom stereocenters. The first-order valence-corrected chi connectivity index (χ1v) is 39.5. The maximum Gasteiger partial charge on any atom is 0.305 e. The highest BCUT2D eigenvalue weighted by Gasteiger charge is 2.18. The van der Waals surface area contributed by atoms with Gasteiger partial charge < -0.3 is 20.3 Å². The number of aliphatic hydroxyl groups excluding tert-OH is 2. The van der Waals surface area contributed by atoms with Crippen LogP contribution >= 0.6 is 0 Å². The van der Waals surface area contributed by atoms with E-state index in [1.807, 2.05) is 6.08 Å². The van der Waals surface area contributed by atoms with Gasteiger partial charge in [-0.1, -0.05) is 424 Å². The van der Waals surface area contributed by atoms with Gasteiger partial charge in [-0.05, 0) is 32.1 Å². The van der Waals surface area contributed by atoms with Crippen LogP contribution in [0.15, 0.2) is 12.2 Å². The van der Waals surface area contributed by atoms with Crippen molar-refractivity contribution in [3.63, 3.8) is 0 Å². The third kappa shape index (κ3) is 71.6. The maximum absolute atomic E-state index is 12.5. The second-order valence-corrected chi connectivity index (χ2v) is 27.4. The molecule has 0 aliphatic heterocycles. The molecule has 0 spiro atoms. The van der Waals surface area contributed by atoms with E-state index in [-0.39, 0.29) is 18.5 Å². The molecule has 0 aromatic heterocycles. The first-order valence-electron chi connectivity index (χ1n) is 39.5. The quantitative estimate of drug-likeness (QED) is 0.0320. The summed E-state index contributed by atoms with van der Waals surface area (Å²) in [7, 11) is 0. The number of amides is 1. The molecular weight excluding hydrogens is 1040 g/mol. The van der Waals surface area contributed by atoms with Crippen LogP contribution in [0.5, 0.6) is 0 Å². The smallest absolute Gasteiger partial charge is 0.305 e. The number of allylic oxidation sites excluding steroid dienone is 1. The Bertz CT molecular complexity index is 1290. The number of nitrogens with one attached hydrogen (secondary N) is 1. The Labute approximate surface area is 533 Å². The van der Waals surface area contributed by atoms with E-state index in [1.54, 1.807) is 6.08 Å². The largest absolute Gasteiger partial charge is 0.466 e. The Kier molecular flexibility index (Phi) is 73.8. The van der Waals surface area contributed by atoms with E-state index in [1.165, 1.54) is 392 Å². The minimum atomic E-state index is -0.842. The predicted octanol–water partition coefficient (Wildman–Crippen LogP) is 25.9. The summed E-state index contributed by atoms with van der Waals surface area (Å²) in [5.74, 6) is -0.0343. The van der Waals surface area contributed by atoms with Gasteiger partial charge in [-0.25, -0.2) is 0 Å².